The van der Waals surface area contributed by atoms with Crippen LogP contribution >= 0.6 is 0 Å². The van der Waals surface area contributed by atoms with Crippen molar-refractivity contribution in [3.63, 3.8) is 0 Å². The summed E-state index contributed by atoms with van der Waals surface area (Å²) in [6.07, 6.45) is 7.22. The Hall–Kier alpha value is -2.87. The second kappa shape index (κ2) is 10.4. The average molecular weight is 483 g/mol. The Balaban J connectivity index is 1.41. The lowest BCUT2D eigenvalue weighted by molar-refractivity contribution is -0.142. The predicted molar refractivity (Wildman–Crippen MR) is 129 cm³/mol. The van der Waals surface area contributed by atoms with Crippen molar-refractivity contribution in [2.75, 3.05) is 0 Å². The Kier molecular flexibility index (Phi) is 7.50. The first kappa shape index (κ1) is 25.2. The molecular formula is C27H35FN4O3. The van der Waals surface area contributed by atoms with Gasteiger partial charge in [0.25, 0.3) is 5.91 Å². The second-order valence-corrected chi connectivity index (χ2v) is 10.6. The van der Waals surface area contributed by atoms with Gasteiger partial charge < -0.3 is 15.7 Å². The van der Waals surface area contributed by atoms with Crippen molar-refractivity contribution < 1.29 is 19.1 Å². The standard InChI is InChI=1S/C27H35FN4O3/c1-16(25(34)31-12-18-4-6-20(28)7-5-18)21-8-10-27(3)11-9-22(17(2)23(27)24(21)33)32-26(35)19-13-29-15-30-14-19/h4-7,13-17,21-24,33H,8-12H2,1-3H3,(H,31,34)(H,32,35)/t16-,17+,21-,22-,23+,24-,27-/m0/s1. The highest BCUT2D eigenvalue weighted by atomic mass is 19.1. The molecule has 0 saturated heterocycles. The molecule has 1 aromatic heterocycles. The molecule has 0 spiro atoms. The fourth-order valence-electron chi connectivity index (χ4n) is 6.31. The summed E-state index contributed by atoms with van der Waals surface area (Å²) in [5, 5.41) is 17.6. The summed E-state index contributed by atoms with van der Waals surface area (Å²) in [7, 11) is 0. The van der Waals surface area contributed by atoms with Gasteiger partial charge in [-0.25, -0.2) is 14.4 Å². The lowest BCUT2D eigenvalue weighted by Crippen LogP contribution is -2.58. The summed E-state index contributed by atoms with van der Waals surface area (Å²) in [6, 6.07) is 5.99. The van der Waals surface area contributed by atoms with Crippen LogP contribution in [-0.2, 0) is 11.3 Å². The summed E-state index contributed by atoms with van der Waals surface area (Å²) in [6.45, 7) is 6.52. The molecule has 4 rings (SSSR count). The molecule has 2 saturated carbocycles. The molecule has 1 heterocycles. The first-order valence-electron chi connectivity index (χ1n) is 12.5. The predicted octanol–water partition coefficient (Wildman–Crippen LogP) is 3.49. The van der Waals surface area contributed by atoms with E-state index in [0.29, 0.717) is 12.1 Å². The fraction of sp³-hybridized carbons (Fsp3) is 0.556. The minimum Gasteiger partial charge on any atom is -0.392 e. The van der Waals surface area contributed by atoms with Gasteiger partial charge in [-0.15, -0.1) is 0 Å². The molecule has 2 aliphatic carbocycles. The van der Waals surface area contributed by atoms with Crippen LogP contribution in [0.25, 0.3) is 0 Å². The number of amides is 2. The maximum atomic E-state index is 13.1. The molecule has 2 aliphatic rings. The first-order valence-corrected chi connectivity index (χ1v) is 12.5. The number of aliphatic hydroxyl groups is 1. The first-order chi connectivity index (χ1) is 16.7. The van der Waals surface area contributed by atoms with Gasteiger partial charge in [0.15, 0.2) is 0 Å². The van der Waals surface area contributed by atoms with Crippen LogP contribution in [0.2, 0.25) is 0 Å². The largest absolute Gasteiger partial charge is 0.392 e. The van der Waals surface area contributed by atoms with Crippen LogP contribution in [0.15, 0.2) is 43.0 Å². The summed E-state index contributed by atoms with van der Waals surface area (Å²) < 4.78 is 13.1. The number of nitrogens with zero attached hydrogens (tertiary/aromatic N) is 2. The number of halogens is 1. The molecule has 0 unspecified atom stereocenters. The average Bonchev–Trinajstić information content (AvgIpc) is 2.85. The topological polar surface area (TPSA) is 104 Å². The quantitative estimate of drug-likeness (QED) is 0.585. The number of hydrogen-bond donors (Lipinski definition) is 3. The van der Waals surface area contributed by atoms with E-state index in [1.807, 2.05) is 6.92 Å². The highest BCUT2D eigenvalue weighted by molar-refractivity contribution is 5.93. The van der Waals surface area contributed by atoms with E-state index in [1.165, 1.54) is 30.9 Å². The SMILES string of the molecule is C[C@H]1[C@@H]2[C@@H](O)[C@H]([C@H](C)C(=O)NCc3ccc(F)cc3)CC[C@@]2(C)CC[C@@H]1NC(=O)c1cncnc1. The molecule has 2 fully saturated rings. The maximum Gasteiger partial charge on any atom is 0.254 e. The number of nitrogens with one attached hydrogen (secondary N) is 2. The van der Waals surface area contributed by atoms with E-state index >= 15 is 0 Å². The molecule has 0 aliphatic heterocycles. The van der Waals surface area contributed by atoms with Gasteiger partial charge in [0, 0.05) is 30.9 Å². The second-order valence-electron chi connectivity index (χ2n) is 10.6. The zero-order valence-corrected chi connectivity index (χ0v) is 20.6. The molecular weight excluding hydrogens is 447 g/mol. The number of carbonyl (C=O) groups is 2. The fourth-order valence-corrected chi connectivity index (χ4v) is 6.31. The minimum absolute atomic E-state index is 0.0281. The van der Waals surface area contributed by atoms with Crippen molar-refractivity contribution in [1.29, 1.82) is 0 Å². The Morgan fingerprint density at radius 3 is 2.51 bits per heavy atom. The van der Waals surface area contributed by atoms with Gasteiger partial charge in [-0.1, -0.05) is 32.9 Å². The normalized spacial score (nSPS) is 31.2. The number of aromatic nitrogens is 2. The number of benzene rings is 1. The lowest BCUT2D eigenvalue weighted by Gasteiger charge is -2.56. The summed E-state index contributed by atoms with van der Waals surface area (Å²) in [5.41, 5.74) is 1.21. The van der Waals surface area contributed by atoms with Crippen LogP contribution in [0.3, 0.4) is 0 Å². The van der Waals surface area contributed by atoms with Gasteiger partial charge >= 0.3 is 0 Å². The van der Waals surface area contributed by atoms with E-state index in [4.69, 9.17) is 0 Å². The van der Waals surface area contributed by atoms with E-state index in [9.17, 15) is 19.1 Å². The van der Waals surface area contributed by atoms with E-state index < -0.39 is 6.10 Å². The molecule has 3 N–H and O–H groups in total. The third-order valence-electron chi connectivity index (χ3n) is 8.46. The van der Waals surface area contributed by atoms with Gasteiger partial charge in [-0.05, 0) is 66.5 Å². The van der Waals surface area contributed by atoms with Crippen molar-refractivity contribution in [1.82, 2.24) is 20.6 Å². The van der Waals surface area contributed by atoms with E-state index in [1.54, 1.807) is 12.1 Å². The van der Waals surface area contributed by atoms with Crippen molar-refractivity contribution in [3.05, 3.63) is 59.9 Å². The Labute approximate surface area is 206 Å². The van der Waals surface area contributed by atoms with Crippen molar-refractivity contribution in [2.24, 2.45) is 29.1 Å². The van der Waals surface area contributed by atoms with Crippen LogP contribution in [-0.4, -0.2) is 39.0 Å². The number of hydrogen-bond acceptors (Lipinski definition) is 5. The zero-order valence-electron chi connectivity index (χ0n) is 20.6. The third-order valence-corrected chi connectivity index (χ3v) is 8.46. The Morgan fingerprint density at radius 2 is 1.83 bits per heavy atom. The molecule has 2 amide bonds. The van der Waals surface area contributed by atoms with Crippen molar-refractivity contribution >= 4 is 11.8 Å². The highest BCUT2D eigenvalue weighted by Gasteiger charge is 2.53. The van der Waals surface area contributed by atoms with Gasteiger partial charge in [0.1, 0.15) is 12.1 Å². The third kappa shape index (κ3) is 5.37. The van der Waals surface area contributed by atoms with Gasteiger partial charge in [0.2, 0.25) is 5.91 Å². The Bertz CT molecular complexity index is 1030. The van der Waals surface area contributed by atoms with Crippen LogP contribution in [0.1, 0.15) is 62.4 Å². The highest BCUT2D eigenvalue weighted by Crippen LogP contribution is 2.55. The van der Waals surface area contributed by atoms with Crippen molar-refractivity contribution in [3.8, 4) is 0 Å². The summed E-state index contributed by atoms with van der Waals surface area (Å²) >= 11 is 0. The van der Waals surface area contributed by atoms with Gasteiger partial charge in [-0.2, -0.15) is 0 Å². The molecule has 7 nitrogen and oxygen atoms in total. The molecule has 0 bridgehead atoms. The van der Waals surface area contributed by atoms with Crippen LogP contribution in [0.5, 0.6) is 0 Å². The molecule has 35 heavy (non-hydrogen) atoms. The smallest absolute Gasteiger partial charge is 0.254 e. The molecule has 1 aromatic carbocycles. The van der Waals surface area contributed by atoms with Gasteiger partial charge in [0.05, 0.1) is 11.7 Å². The van der Waals surface area contributed by atoms with Crippen LogP contribution in [0, 0.1) is 34.9 Å². The van der Waals surface area contributed by atoms with E-state index in [2.05, 4.69) is 34.4 Å². The van der Waals surface area contributed by atoms with Crippen molar-refractivity contribution in [2.45, 2.75) is 65.1 Å². The number of rotatable bonds is 6. The summed E-state index contributed by atoms with van der Waals surface area (Å²) in [4.78, 5) is 33.5. The Morgan fingerprint density at radius 1 is 1.17 bits per heavy atom. The molecule has 0 radical (unpaired) electrons. The zero-order chi connectivity index (χ0) is 25.2. The molecule has 8 heteroatoms. The maximum absolute atomic E-state index is 13.1. The van der Waals surface area contributed by atoms with E-state index in [0.717, 1.165) is 31.2 Å². The lowest BCUT2D eigenvalue weighted by atomic mass is 9.51. The molecule has 7 atom stereocenters. The molecule has 2 aromatic rings. The monoisotopic (exact) mass is 482 g/mol. The summed E-state index contributed by atoms with van der Waals surface area (Å²) in [5.74, 6) is -1.13. The number of carbonyl (C=O) groups excluding carboxylic acids is 2. The number of aliphatic hydroxyl groups excluding tert-OH is 1. The minimum atomic E-state index is -0.643. The van der Waals surface area contributed by atoms with Crippen LogP contribution in [0.4, 0.5) is 4.39 Å². The van der Waals surface area contributed by atoms with Crippen LogP contribution < -0.4 is 10.6 Å². The number of fused-ring (bicyclic) bond motifs is 1. The van der Waals surface area contributed by atoms with Gasteiger partial charge in [-0.3, -0.25) is 9.59 Å². The van der Waals surface area contributed by atoms with E-state index in [-0.39, 0.29) is 52.8 Å². The molecule has 188 valence electrons.